The third-order valence-electron chi connectivity index (χ3n) is 2.67. The Bertz CT molecular complexity index is 417. The van der Waals surface area contributed by atoms with E-state index in [1.54, 1.807) is 17.8 Å². The third kappa shape index (κ3) is 1.95. The molecule has 1 aliphatic rings. The van der Waals surface area contributed by atoms with Crippen LogP contribution in [0.25, 0.3) is 0 Å². The molecule has 0 radical (unpaired) electrons. The third-order valence-corrected chi connectivity index (χ3v) is 3.98. The van der Waals surface area contributed by atoms with Gasteiger partial charge in [0.05, 0.1) is 7.11 Å². The summed E-state index contributed by atoms with van der Waals surface area (Å²) in [5.41, 5.74) is 1.87. The van der Waals surface area contributed by atoms with E-state index in [1.165, 1.54) is 12.7 Å². The van der Waals surface area contributed by atoms with Crippen LogP contribution < -0.4 is 0 Å². The summed E-state index contributed by atoms with van der Waals surface area (Å²) in [6.07, 6.45) is -0.181. The lowest BCUT2D eigenvalue weighted by atomic mass is 10.0. The molecule has 3 nitrogen and oxygen atoms in total. The molecular formula is C12H14O3S. The minimum absolute atomic E-state index is 0.501. The number of carbonyl (C=O) groups is 1. The first-order valence-electron chi connectivity index (χ1n) is 5.18. The summed E-state index contributed by atoms with van der Waals surface area (Å²) >= 11 is 1.71. The average molecular weight is 238 g/mol. The van der Waals surface area contributed by atoms with Gasteiger partial charge in [-0.05, 0) is 12.0 Å². The number of methoxy groups -OCH3 is 1. The van der Waals surface area contributed by atoms with Gasteiger partial charge < -0.3 is 9.84 Å². The summed E-state index contributed by atoms with van der Waals surface area (Å²) < 4.78 is 4.55. The van der Waals surface area contributed by atoms with Gasteiger partial charge in [-0.3, -0.25) is 0 Å². The maximum Gasteiger partial charge on any atom is 0.339 e. The van der Waals surface area contributed by atoms with Gasteiger partial charge in [-0.15, -0.1) is 11.8 Å². The van der Waals surface area contributed by atoms with Crippen molar-refractivity contribution in [3.05, 3.63) is 29.3 Å². The van der Waals surface area contributed by atoms with Crippen molar-refractivity contribution in [3.63, 3.8) is 0 Å². The summed E-state index contributed by atoms with van der Waals surface area (Å²) in [5.74, 6) is -0.603. The van der Waals surface area contributed by atoms with Crippen LogP contribution in [0.4, 0.5) is 0 Å². The van der Waals surface area contributed by atoms with Crippen LogP contribution in [0.2, 0.25) is 0 Å². The largest absolute Gasteiger partial charge is 0.467 e. The Labute approximate surface area is 98.8 Å². The van der Waals surface area contributed by atoms with Crippen molar-refractivity contribution in [1.29, 1.82) is 0 Å². The lowest BCUT2D eigenvalue weighted by Gasteiger charge is -2.12. The lowest BCUT2D eigenvalue weighted by molar-refractivity contribution is -0.150. The Morgan fingerprint density at radius 3 is 3.06 bits per heavy atom. The van der Waals surface area contributed by atoms with Crippen molar-refractivity contribution < 1.29 is 14.6 Å². The Balaban J connectivity index is 2.36. The van der Waals surface area contributed by atoms with Gasteiger partial charge in [0, 0.05) is 15.7 Å². The van der Waals surface area contributed by atoms with Gasteiger partial charge in [0.2, 0.25) is 0 Å². The molecule has 86 valence electrons. The minimum Gasteiger partial charge on any atom is -0.467 e. The zero-order valence-corrected chi connectivity index (χ0v) is 10.1. The number of ether oxygens (including phenoxy) is 1. The molecule has 2 atom stereocenters. The molecule has 0 spiro atoms. The minimum atomic E-state index is -1.17. The number of rotatable bonds is 2. The van der Waals surface area contributed by atoms with E-state index in [9.17, 15) is 9.90 Å². The summed E-state index contributed by atoms with van der Waals surface area (Å²) in [6, 6.07) is 5.70. The number of esters is 1. The zero-order valence-electron chi connectivity index (χ0n) is 9.27. The Morgan fingerprint density at radius 2 is 2.38 bits per heavy atom. The smallest absolute Gasteiger partial charge is 0.339 e. The van der Waals surface area contributed by atoms with E-state index in [0.29, 0.717) is 10.8 Å². The molecule has 1 aromatic carbocycles. The van der Waals surface area contributed by atoms with Gasteiger partial charge >= 0.3 is 5.97 Å². The van der Waals surface area contributed by atoms with E-state index >= 15 is 0 Å². The molecule has 0 saturated heterocycles. The number of benzene rings is 1. The van der Waals surface area contributed by atoms with Gasteiger partial charge in [-0.1, -0.05) is 25.1 Å². The Hall–Kier alpha value is -1.00. The highest BCUT2D eigenvalue weighted by molar-refractivity contribution is 8.00. The molecule has 2 unspecified atom stereocenters. The molecule has 1 aromatic rings. The van der Waals surface area contributed by atoms with E-state index in [4.69, 9.17) is 0 Å². The number of fused-ring (bicyclic) bond motifs is 1. The molecule has 4 heteroatoms. The van der Waals surface area contributed by atoms with Crippen LogP contribution in [-0.2, 0) is 16.0 Å². The Morgan fingerprint density at radius 1 is 1.62 bits per heavy atom. The number of hydrogen-bond donors (Lipinski definition) is 1. The molecule has 0 amide bonds. The average Bonchev–Trinajstić information content (AvgIpc) is 2.66. The van der Waals surface area contributed by atoms with Crippen LogP contribution in [0.5, 0.6) is 0 Å². The van der Waals surface area contributed by atoms with E-state index in [0.717, 1.165) is 11.3 Å². The van der Waals surface area contributed by atoms with Crippen molar-refractivity contribution in [3.8, 4) is 0 Å². The summed E-state index contributed by atoms with van der Waals surface area (Å²) in [7, 11) is 1.28. The predicted molar refractivity (Wildman–Crippen MR) is 62.4 cm³/mol. The maximum absolute atomic E-state index is 11.3. The fourth-order valence-electron chi connectivity index (χ4n) is 1.92. The van der Waals surface area contributed by atoms with E-state index < -0.39 is 12.1 Å². The summed E-state index contributed by atoms with van der Waals surface area (Å²) in [4.78, 5) is 12.3. The highest BCUT2D eigenvalue weighted by Crippen LogP contribution is 2.41. The summed E-state index contributed by atoms with van der Waals surface area (Å²) in [5, 5.41) is 10.4. The molecule has 0 aromatic heterocycles. The molecule has 0 fully saturated rings. The van der Waals surface area contributed by atoms with Gasteiger partial charge in [0.15, 0.2) is 6.10 Å². The monoisotopic (exact) mass is 238 g/mol. The molecule has 16 heavy (non-hydrogen) atoms. The molecule has 0 saturated carbocycles. The standard InChI is InChI=1S/C12H14O3S/c1-7-6-8-4-3-5-9(11(8)16-7)10(13)12(14)15-2/h3-5,7,10,13H,6H2,1-2H3. The maximum atomic E-state index is 11.3. The number of carbonyl (C=O) groups excluding carboxylic acids is 1. The second-order valence-electron chi connectivity index (χ2n) is 3.89. The topological polar surface area (TPSA) is 46.5 Å². The van der Waals surface area contributed by atoms with Gasteiger partial charge in [0.1, 0.15) is 0 Å². The van der Waals surface area contributed by atoms with E-state index in [2.05, 4.69) is 11.7 Å². The van der Waals surface area contributed by atoms with Crippen molar-refractivity contribution >= 4 is 17.7 Å². The predicted octanol–water partition coefficient (Wildman–Crippen LogP) is 1.93. The van der Waals surface area contributed by atoms with Crippen LogP contribution in [0.3, 0.4) is 0 Å². The number of aliphatic hydroxyl groups is 1. The lowest BCUT2D eigenvalue weighted by Crippen LogP contribution is -2.14. The van der Waals surface area contributed by atoms with Crippen LogP contribution in [0.1, 0.15) is 24.2 Å². The fraction of sp³-hybridized carbons (Fsp3) is 0.417. The molecule has 2 rings (SSSR count). The normalized spacial score (nSPS) is 20.3. The van der Waals surface area contributed by atoms with Crippen LogP contribution >= 0.6 is 11.8 Å². The van der Waals surface area contributed by atoms with E-state index in [1.807, 2.05) is 12.1 Å². The van der Waals surface area contributed by atoms with Crippen molar-refractivity contribution in [1.82, 2.24) is 0 Å². The molecule has 0 aliphatic carbocycles. The second-order valence-corrected chi connectivity index (χ2v) is 5.34. The molecule has 1 heterocycles. The number of thioether (sulfide) groups is 1. The first-order chi connectivity index (χ1) is 7.63. The first-order valence-corrected chi connectivity index (χ1v) is 6.05. The van der Waals surface area contributed by atoms with Crippen LogP contribution in [-0.4, -0.2) is 23.4 Å². The van der Waals surface area contributed by atoms with Gasteiger partial charge in [-0.2, -0.15) is 0 Å². The first kappa shape index (κ1) is 11.5. The molecular weight excluding hydrogens is 224 g/mol. The molecule has 1 aliphatic heterocycles. The second kappa shape index (κ2) is 4.47. The van der Waals surface area contributed by atoms with Crippen LogP contribution in [0.15, 0.2) is 23.1 Å². The van der Waals surface area contributed by atoms with Crippen molar-refractivity contribution in [2.75, 3.05) is 7.11 Å². The molecule has 0 bridgehead atoms. The zero-order chi connectivity index (χ0) is 11.7. The van der Waals surface area contributed by atoms with Crippen molar-refractivity contribution in [2.24, 2.45) is 0 Å². The highest BCUT2D eigenvalue weighted by Gasteiger charge is 2.27. The fourth-order valence-corrected chi connectivity index (χ4v) is 3.20. The Kier molecular flexibility index (Phi) is 3.21. The number of aliphatic hydroxyl groups excluding tert-OH is 1. The van der Waals surface area contributed by atoms with Crippen molar-refractivity contribution in [2.45, 2.75) is 29.6 Å². The number of hydrogen-bond acceptors (Lipinski definition) is 4. The highest BCUT2D eigenvalue weighted by atomic mass is 32.2. The molecule has 1 N–H and O–H groups in total. The quantitative estimate of drug-likeness (QED) is 0.800. The van der Waals surface area contributed by atoms with Gasteiger partial charge in [-0.25, -0.2) is 4.79 Å². The van der Waals surface area contributed by atoms with E-state index in [-0.39, 0.29) is 0 Å². The van der Waals surface area contributed by atoms with Gasteiger partial charge in [0.25, 0.3) is 0 Å². The summed E-state index contributed by atoms with van der Waals surface area (Å²) in [6.45, 7) is 2.14. The SMILES string of the molecule is COC(=O)C(O)c1cccc2c1SC(C)C2. The van der Waals surface area contributed by atoms with Crippen LogP contribution in [0, 0.1) is 0 Å².